The van der Waals surface area contributed by atoms with Crippen LogP contribution in [0.15, 0.2) is 60.3 Å². The minimum absolute atomic E-state index is 0.275. The van der Waals surface area contributed by atoms with E-state index >= 15 is 0 Å². The molecule has 0 N–H and O–H groups in total. The fourth-order valence-electron chi connectivity index (χ4n) is 3.62. The molecular weight excluding hydrogens is 412 g/mol. The van der Waals surface area contributed by atoms with Crippen molar-refractivity contribution in [1.82, 2.24) is 18.8 Å². The van der Waals surface area contributed by atoms with Gasteiger partial charge in [0.1, 0.15) is 11.5 Å². The number of imidazole rings is 1. The number of pyridine rings is 1. The van der Waals surface area contributed by atoms with Crippen molar-refractivity contribution in [1.29, 1.82) is 0 Å². The molecule has 0 amide bonds. The fraction of sp³-hybridized carbons (Fsp3) is 0.391. The van der Waals surface area contributed by atoms with Gasteiger partial charge in [-0.15, -0.1) is 6.58 Å². The summed E-state index contributed by atoms with van der Waals surface area (Å²) < 4.78 is 35.6. The third-order valence-electron chi connectivity index (χ3n) is 5.11. The van der Waals surface area contributed by atoms with Gasteiger partial charge in [0.15, 0.2) is 0 Å². The molecule has 2 aliphatic rings. The Labute approximate surface area is 184 Å². The number of likely N-dealkylation sites (N-methyl/N-ethyl adjacent to an activating group) is 1. The highest BCUT2D eigenvalue weighted by Crippen LogP contribution is 2.22. The molecule has 0 radical (unpaired) electrons. The predicted molar refractivity (Wildman–Crippen MR) is 122 cm³/mol. The molecule has 0 saturated heterocycles. The minimum Gasteiger partial charge on any atom is -0.380 e. The van der Waals surface area contributed by atoms with Crippen molar-refractivity contribution in [2.75, 3.05) is 19.8 Å². The number of hydrogen-bond acceptors (Lipinski definition) is 5. The summed E-state index contributed by atoms with van der Waals surface area (Å²) in [4.78, 5) is 9.05. The van der Waals surface area contributed by atoms with Crippen molar-refractivity contribution in [3.63, 3.8) is 0 Å². The molecule has 0 fully saturated rings. The highest BCUT2D eigenvalue weighted by molar-refractivity contribution is 7.89. The van der Waals surface area contributed by atoms with Gasteiger partial charge in [0.25, 0.3) is 0 Å². The number of rotatable bonds is 11. The van der Waals surface area contributed by atoms with E-state index in [9.17, 15) is 8.42 Å². The Morgan fingerprint density at radius 3 is 2.52 bits per heavy atom. The molecule has 0 aromatic heterocycles. The third kappa shape index (κ3) is 5.39. The van der Waals surface area contributed by atoms with Crippen molar-refractivity contribution in [3.05, 3.63) is 66.8 Å². The van der Waals surface area contributed by atoms with Gasteiger partial charge < -0.3 is 9.30 Å². The zero-order valence-electron chi connectivity index (χ0n) is 18.4. The molecule has 2 heterocycles. The van der Waals surface area contributed by atoms with Crippen molar-refractivity contribution < 1.29 is 13.2 Å². The number of aromatic nitrogens is 3. The monoisotopic (exact) mass is 442 g/mol. The van der Waals surface area contributed by atoms with Crippen LogP contribution in [0.4, 0.5) is 0 Å². The first-order valence-electron chi connectivity index (χ1n) is 10.5. The molecule has 0 saturated carbocycles. The van der Waals surface area contributed by atoms with E-state index in [2.05, 4.69) is 16.5 Å². The molecule has 31 heavy (non-hydrogen) atoms. The lowest BCUT2D eigenvalue weighted by Gasteiger charge is -2.29. The topological polar surface area (TPSA) is 77.3 Å². The Bertz CT molecular complexity index is 1080. The van der Waals surface area contributed by atoms with E-state index in [0.29, 0.717) is 32.7 Å². The molecule has 3 rings (SSSR count). The van der Waals surface area contributed by atoms with Crippen molar-refractivity contribution in [2.45, 2.75) is 44.7 Å². The molecule has 7 nitrogen and oxygen atoms in total. The van der Waals surface area contributed by atoms with E-state index in [1.165, 1.54) is 4.31 Å². The predicted octanol–water partition coefficient (Wildman–Crippen LogP) is 3.73. The smallest absolute Gasteiger partial charge is 0.243 e. The SMILES string of the molecule is C=CCC(COCC)N(CC)S(=O)(=O)c1ccc(Cn2ccc3nc(C)nc-3c2)cc1. The maximum absolute atomic E-state index is 13.3. The van der Waals surface area contributed by atoms with Gasteiger partial charge in [-0.25, -0.2) is 18.4 Å². The van der Waals surface area contributed by atoms with Crippen LogP contribution in [-0.4, -0.2) is 53.1 Å². The van der Waals surface area contributed by atoms with E-state index in [4.69, 9.17) is 4.74 Å². The maximum Gasteiger partial charge on any atom is 0.243 e. The largest absolute Gasteiger partial charge is 0.380 e. The van der Waals surface area contributed by atoms with Crippen LogP contribution < -0.4 is 0 Å². The van der Waals surface area contributed by atoms with Gasteiger partial charge in [0, 0.05) is 32.1 Å². The standard InChI is InChI=1S/C23H30N4O3S/c1-5-8-20(17-30-7-3)27(6-2)31(28,29)21-11-9-19(10-12-21)15-26-14-13-22-23(16-26)25-18(4)24-22/h5,9-14,16,20H,1,6-8,15,17H2,2-4H3. The summed E-state index contributed by atoms with van der Waals surface area (Å²) in [6.45, 7) is 11.2. The van der Waals surface area contributed by atoms with E-state index in [0.717, 1.165) is 22.8 Å². The molecule has 1 aromatic carbocycles. The Morgan fingerprint density at radius 1 is 1.16 bits per heavy atom. The lowest BCUT2D eigenvalue weighted by molar-refractivity contribution is 0.0997. The van der Waals surface area contributed by atoms with Gasteiger partial charge in [0.05, 0.1) is 23.2 Å². The average Bonchev–Trinajstić information content (AvgIpc) is 3.12. The lowest BCUT2D eigenvalue weighted by Crippen LogP contribution is -2.42. The summed E-state index contributed by atoms with van der Waals surface area (Å²) in [5.74, 6) is 0.752. The molecule has 0 spiro atoms. The third-order valence-corrected chi connectivity index (χ3v) is 7.15. The number of ether oxygens (including phenoxy) is 1. The number of hydrogen-bond donors (Lipinski definition) is 0. The van der Waals surface area contributed by atoms with E-state index in [-0.39, 0.29) is 10.9 Å². The summed E-state index contributed by atoms with van der Waals surface area (Å²) in [7, 11) is -3.64. The van der Waals surface area contributed by atoms with Crippen LogP contribution in [0, 0.1) is 6.92 Å². The zero-order valence-corrected chi connectivity index (χ0v) is 19.2. The van der Waals surface area contributed by atoms with E-state index in [1.807, 2.05) is 55.9 Å². The van der Waals surface area contributed by atoms with Gasteiger partial charge in [-0.1, -0.05) is 25.1 Å². The Balaban J connectivity index is 1.79. The molecule has 1 unspecified atom stereocenters. The van der Waals surface area contributed by atoms with Gasteiger partial charge in [-0.3, -0.25) is 0 Å². The Morgan fingerprint density at radius 2 is 1.87 bits per heavy atom. The number of benzene rings is 1. The second kappa shape index (κ2) is 10.2. The minimum atomic E-state index is -3.64. The first-order valence-corrected chi connectivity index (χ1v) is 11.9. The number of aryl methyl sites for hydroxylation is 1. The first-order chi connectivity index (χ1) is 14.9. The molecular formula is C23H30N4O3S. The summed E-state index contributed by atoms with van der Waals surface area (Å²) in [5, 5.41) is 0. The normalized spacial score (nSPS) is 13.0. The van der Waals surface area contributed by atoms with Crippen LogP contribution in [-0.2, 0) is 21.3 Å². The van der Waals surface area contributed by atoms with Gasteiger partial charge in [0.2, 0.25) is 10.0 Å². The Hall–Kier alpha value is -2.55. The van der Waals surface area contributed by atoms with E-state index in [1.54, 1.807) is 18.2 Å². The number of sulfonamides is 1. The highest BCUT2D eigenvalue weighted by atomic mass is 32.2. The lowest BCUT2D eigenvalue weighted by atomic mass is 10.2. The molecule has 166 valence electrons. The first kappa shape index (κ1) is 23.1. The second-order valence-electron chi connectivity index (χ2n) is 7.35. The molecule has 1 aromatic rings. The van der Waals surface area contributed by atoms with Crippen LogP contribution in [0.5, 0.6) is 0 Å². The number of nitrogens with zero attached hydrogens (tertiary/aromatic N) is 4. The Kier molecular flexibility index (Phi) is 7.59. The van der Waals surface area contributed by atoms with Crippen LogP contribution in [0.2, 0.25) is 0 Å². The zero-order chi connectivity index (χ0) is 22.4. The average molecular weight is 443 g/mol. The maximum atomic E-state index is 13.3. The summed E-state index contributed by atoms with van der Waals surface area (Å²) >= 11 is 0. The fourth-order valence-corrected chi connectivity index (χ4v) is 5.25. The number of fused-ring (bicyclic) bond motifs is 1. The molecule has 1 atom stereocenters. The van der Waals surface area contributed by atoms with Crippen LogP contribution in [0.1, 0.15) is 31.7 Å². The molecule has 0 aliphatic carbocycles. The van der Waals surface area contributed by atoms with Gasteiger partial charge in [-0.05, 0) is 44.0 Å². The van der Waals surface area contributed by atoms with Crippen molar-refractivity contribution in [3.8, 4) is 11.4 Å². The molecule has 2 aliphatic heterocycles. The molecule has 0 bridgehead atoms. The van der Waals surface area contributed by atoms with Crippen molar-refractivity contribution >= 4 is 10.0 Å². The summed E-state index contributed by atoms with van der Waals surface area (Å²) in [6, 6.07) is 8.71. The highest BCUT2D eigenvalue weighted by Gasteiger charge is 2.29. The summed E-state index contributed by atoms with van der Waals surface area (Å²) in [5.41, 5.74) is 2.72. The van der Waals surface area contributed by atoms with Crippen LogP contribution in [0.3, 0.4) is 0 Å². The van der Waals surface area contributed by atoms with E-state index < -0.39 is 10.0 Å². The van der Waals surface area contributed by atoms with Gasteiger partial charge in [-0.2, -0.15) is 4.31 Å². The quantitative estimate of drug-likeness (QED) is 0.423. The van der Waals surface area contributed by atoms with Crippen LogP contribution in [0.25, 0.3) is 11.4 Å². The summed E-state index contributed by atoms with van der Waals surface area (Å²) in [6.07, 6.45) is 6.17. The second-order valence-corrected chi connectivity index (χ2v) is 9.24. The van der Waals surface area contributed by atoms with Crippen molar-refractivity contribution in [2.24, 2.45) is 0 Å². The van der Waals surface area contributed by atoms with Crippen LogP contribution >= 0.6 is 0 Å². The molecule has 8 heteroatoms. The van der Waals surface area contributed by atoms with Gasteiger partial charge >= 0.3 is 0 Å².